The Bertz CT molecular complexity index is 340. The average Bonchev–Trinajstić information content (AvgIpc) is 2.13. The smallest absolute Gasteiger partial charge is 0.153 e. The molecule has 0 atom stereocenters. The highest BCUT2D eigenvalue weighted by molar-refractivity contribution is 5.80. The van der Waals surface area contributed by atoms with E-state index in [1.54, 1.807) is 6.07 Å². The second-order valence-electron chi connectivity index (χ2n) is 3.71. The van der Waals surface area contributed by atoms with E-state index >= 15 is 0 Å². The third-order valence-corrected chi connectivity index (χ3v) is 2.19. The van der Waals surface area contributed by atoms with E-state index in [1.807, 2.05) is 33.8 Å². The van der Waals surface area contributed by atoms with Crippen LogP contribution in [0.3, 0.4) is 0 Å². The van der Waals surface area contributed by atoms with Crippen LogP contribution in [0.2, 0.25) is 0 Å². The third kappa shape index (κ3) is 2.13. The first-order valence-electron chi connectivity index (χ1n) is 4.78. The van der Waals surface area contributed by atoms with Crippen molar-refractivity contribution in [3.8, 4) is 5.75 Å². The van der Waals surface area contributed by atoms with Gasteiger partial charge in [-0.05, 0) is 44.9 Å². The zero-order valence-electron chi connectivity index (χ0n) is 9.13. The Hall–Kier alpha value is -1.31. The molecule has 2 heteroatoms. The molecule has 0 radical (unpaired) electrons. The molecule has 0 aromatic heterocycles. The second-order valence-corrected chi connectivity index (χ2v) is 3.71. The molecule has 0 heterocycles. The van der Waals surface area contributed by atoms with E-state index in [0.29, 0.717) is 5.56 Å². The molecule has 76 valence electrons. The van der Waals surface area contributed by atoms with Gasteiger partial charge in [0.05, 0.1) is 11.7 Å². The fourth-order valence-corrected chi connectivity index (χ4v) is 1.30. The van der Waals surface area contributed by atoms with Gasteiger partial charge in [-0.15, -0.1) is 0 Å². The molecule has 0 aliphatic heterocycles. The van der Waals surface area contributed by atoms with E-state index in [-0.39, 0.29) is 6.10 Å². The number of carbonyl (C=O) groups excluding carboxylic acids is 1. The Labute approximate surface area is 84.9 Å². The number of rotatable bonds is 3. The summed E-state index contributed by atoms with van der Waals surface area (Å²) in [4.78, 5) is 10.8. The van der Waals surface area contributed by atoms with Gasteiger partial charge < -0.3 is 4.74 Å². The van der Waals surface area contributed by atoms with Crippen molar-refractivity contribution < 1.29 is 9.53 Å². The minimum atomic E-state index is 0.0919. The molecule has 0 saturated carbocycles. The summed E-state index contributed by atoms with van der Waals surface area (Å²) in [5.41, 5.74) is 2.82. The van der Waals surface area contributed by atoms with Gasteiger partial charge in [0.2, 0.25) is 0 Å². The number of aldehydes is 1. The van der Waals surface area contributed by atoms with E-state index in [0.717, 1.165) is 23.2 Å². The molecule has 1 aromatic rings. The second kappa shape index (κ2) is 4.27. The predicted octanol–water partition coefficient (Wildman–Crippen LogP) is 2.90. The molecule has 1 aromatic carbocycles. The summed E-state index contributed by atoms with van der Waals surface area (Å²) in [6.45, 7) is 7.89. The molecule has 14 heavy (non-hydrogen) atoms. The summed E-state index contributed by atoms with van der Waals surface area (Å²) >= 11 is 0. The van der Waals surface area contributed by atoms with Crippen molar-refractivity contribution in [3.05, 3.63) is 28.8 Å². The molecular weight excluding hydrogens is 176 g/mol. The number of hydrogen-bond donors (Lipinski definition) is 0. The monoisotopic (exact) mass is 192 g/mol. The summed E-state index contributed by atoms with van der Waals surface area (Å²) in [6.07, 6.45) is 0.929. The lowest BCUT2D eigenvalue weighted by atomic mass is 10.1. The lowest BCUT2D eigenvalue weighted by Gasteiger charge is -2.15. The minimum absolute atomic E-state index is 0.0919. The summed E-state index contributed by atoms with van der Waals surface area (Å²) in [5.74, 6) is 0.718. The zero-order chi connectivity index (χ0) is 10.7. The van der Waals surface area contributed by atoms with Gasteiger partial charge in [-0.2, -0.15) is 0 Å². The number of hydrogen-bond acceptors (Lipinski definition) is 2. The molecule has 0 unspecified atom stereocenters. The molecule has 0 bridgehead atoms. The third-order valence-electron chi connectivity index (χ3n) is 2.19. The lowest BCUT2D eigenvalue weighted by molar-refractivity contribution is 0.111. The van der Waals surface area contributed by atoms with Gasteiger partial charge in [-0.3, -0.25) is 4.79 Å². The first-order valence-corrected chi connectivity index (χ1v) is 4.78. The van der Waals surface area contributed by atoms with Crippen LogP contribution in [0.4, 0.5) is 0 Å². The van der Waals surface area contributed by atoms with Gasteiger partial charge in [0.15, 0.2) is 6.29 Å². The summed E-state index contributed by atoms with van der Waals surface area (Å²) in [7, 11) is 0. The fraction of sp³-hybridized carbons (Fsp3) is 0.417. The normalized spacial score (nSPS) is 10.4. The Morgan fingerprint density at radius 3 is 2.43 bits per heavy atom. The highest BCUT2D eigenvalue weighted by Crippen LogP contribution is 2.26. The van der Waals surface area contributed by atoms with Crippen molar-refractivity contribution in [2.75, 3.05) is 0 Å². The summed E-state index contributed by atoms with van der Waals surface area (Å²) in [6, 6.07) is 3.74. The van der Waals surface area contributed by atoms with Gasteiger partial charge in [0, 0.05) is 0 Å². The molecule has 0 amide bonds. The number of ether oxygens (including phenoxy) is 1. The first kappa shape index (κ1) is 10.8. The maximum absolute atomic E-state index is 10.8. The molecule has 0 fully saturated rings. The van der Waals surface area contributed by atoms with Crippen LogP contribution in [0.1, 0.15) is 35.3 Å². The highest BCUT2D eigenvalue weighted by Gasteiger charge is 2.09. The Kier molecular flexibility index (Phi) is 3.28. The summed E-state index contributed by atoms with van der Waals surface area (Å²) in [5, 5.41) is 0. The minimum Gasteiger partial charge on any atom is -0.490 e. The Morgan fingerprint density at radius 1 is 1.29 bits per heavy atom. The van der Waals surface area contributed by atoms with E-state index in [1.165, 1.54) is 0 Å². The van der Waals surface area contributed by atoms with Crippen LogP contribution in [-0.2, 0) is 0 Å². The molecule has 0 saturated heterocycles. The molecular formula is C12H16O2. The van der Waals surface area contributed by atoms with Crippen LogP contribution in [-0.4, -0.2) is 12.4 Å². The standard InChI is InChI=1S/C12H16O2/c1-8(2)14-12-10(4)9(3)5-6-11(12)7-13/h5-8H,1-4H3. The molecule has 0 spiro atoms. The van der Waals surface area contributed by atoms with Gasteiger partial charge in [0.25, 0.3) is 0 Å². The Balaban J connectivity index is 3.20. The maximum Gasteiger partial charge on any atom is 0.153 e. The van der Waals surface area contributed by atoms with Crippen LogP contribution >= 0.6 is 0 Å². The SMILES string of the molecule is Cc1ccc(C=O)c(OC(C)C)c1C. The fourth-order valence-electron chi connectivity index (χ4n) is 1.30. The van der Waals surface area contributed by atoms with Crippen molar-refractivity contribution in [1.82, 2.24) is 0 Å². The van der Waals surface area contributed by atoms with Gasteiger partial charge >= 0.3 is 0 Å². The van der Waals surface area contributed by atoms with E-state index < -0.39 is 0 Å². The van der Waals surface area contributed by atoms with Crippen molar-refractivity contribution >= 4 is 6.29 Å². The van der Waals surface area contributed by atoms with Gasteiger partial charge in [0.1, 0.15) is 5.75 Å². The molecule has 0 aliphatic carbocycles. The van der Waals surface area contributed by atoms with E-state index in [4.69, 9.17) is 4.74 Å². The molecule has 0 aliphatic rings. The Morgan fingerprint density at radius 2 is 1.93 bits per heavy atom. The van der Waals surface area contributed by atoms with Crippen LogP contribution in [0.5, 0.6) is 5.75 Å². The molecule has 0 N–H and O–H groups in total. The van der Waals surface area contributed by atoms with Crippen molar-refractivity contribution in [2.45, 2.75) is 33.8 Å². The van der Waals surface area contributed by atoms with Crippen molar-refractivity contribution in [3.63, 3.8) is 0 Å². The predicted molar refractivity (Wildman–Crippen MR) is 57.1 cm³/mol. The van der Waals surface area contributed by atoms with Crippen molar-refractivity contribution in [1.29, 1.82) is 0 Å². The quantitative estimate of drug-likeness (QED) is 0.688. The van der Waals surface area contributed by atoms with E-state index in [9.17, 15) is 4.79 Å². The lowest BCUT2D eigenvalue weighted by Crippen LogP contribution is -2.09. The van der Waals surface area contributed by atoms with Gasteiger partial charge in [-0.1, -0.05) is 6.07 Å². The highest BCUT2D eigenvalue weighted by atomic mass is 16.5. The molecule has 2 nitrogen and oxygen atoms in total. The van der Waals surface area contributed by atoms with E-state index in [2.05, 4.69) is 0 Å². The number of carbonyl (C=O) groups is 1. The van der Waals surface area contributed by atoms with Crippen LogP contribution in [0.25, 0.3) is 0 Å². The van der Waals surface area contributed by atoms with Crippen LogP contribution < -0.4 is 4.74 Å². The number of aryl methyl sites for hydroxylation is 1. The first-order chi connectivity index (χ1) is 6.56. The van der Waals surface area contributed by atoms with Crippen LogP contribution in [0, 0.1) is 13.8 Å². The van der Waals surface area contributed by atoms with Crippen LogP contribution in [0.15, 0.2) is 12.1 Å². The summed E-state index contributed by atoms with van der Waals surface area (Å²) < 4.78 is 5.62. The van der Waals surface area contributed by atoms with Crippen molar-refractivity contribution in [2.24, 2.45) is 0 Å². The van der Waals surface area contributed by atoms with Gasteiger partial charge in [-0.25, -0.2) is 0 Å². The topological polar surface area (TPSA) is 26.3 Å². The largest absolute Gasteiger partial charge is 0.490 e. The zero-order valence-corrected chi connectivity index (χ0v) is 9.13. The maximum atomic E-state index is 10.8. The average molecular weight is 192 g/mol. The number of benzene rings is 1. The molecule has 1 rings (SSSR count).